The molecule has 5 heteroatoms. The Bertz CT molecular complexity index is 373. The highest BCUT2D eigenvalue weighted by Gasteiger charge is 2.14. The number of carbonyl (C=O) groups is 1. The van der Waals surface area contributed by atoms with Gasteiger partial charge in [-0.25, -0.2) is 0 Å². The molecule has 0 bridgehead atoms. The van der Waals surface area contributed by atoms with Gasteiger partial charge in [-0.05, 0) is 40.8 Å². The van der Waals surface area contributed by atoms with Crippen molar-refractivity contribution < 1.29 is 9.53 Å². The van der Waals surface area contributed by atoms with E-state index in [-0.39, 0.29) is 5.91 Å². The Morgan fingerprint density at radius 3 is 2.82 bits per heavy atom. The smallest absolute Gasteiger partial charge is 0.254 e. The minimum atomic E-state index is 0.00113. The third-order valence-corrected chi connectivity index (χ3v) is 3.12. The monoisotopic (exact) mass is 367 g/mol. The first-order valence-electron chi connectivity index (χ1n) is 5.28. The first-order chi connectivity index (χ1) is 8.19. The maximum atomic E-state index is 12.2. The van der Waals surface area contributed by atoms with Gasteiger partial charge < -0.3 is 9.64 Å². The molecule has 1 amide bonds. The molecule has 1 aromatic rings. The molecule has 1 rings (SSSR count). The van der Waals surface area contributed by atoms with E-state index in [1.807, 2.05) is 24.3 Å². The average molecular weight is 368 g/mol. The quantitative estimate of drug-likeness (QED) is 0.571. The summed E-state index contributed by atoms with van der Waals surface area (Å²) < 4.78 is 6.04. The van der Waals surface area contributed by atoms with Crippen LogP contribution in [0.2, 0.25) is 0 Å². The summed E-state index contributed by atoms with van der Waals surface area (Å²) in [4.78, 5) is 13.9. The number of benzene rings is 1. The Balaban J connectivity index is 2.76. The summed E-state index contributed by atoms with van der Waals surface area (Å²) in [5.74, 6) is 0.431. The maximum Gasteiger partial charge on any atom is 0.254 e. The fraction of sp³-hybridized carbons (Fsp3) is 0.417. The van der Waals surface area contributed by atoms with E-state index in [4.69, 9.17) is 16.3 Å². The number of ether oxygens (including phenoxy) is 1. The summed E-state index contributed by atoms with van der Waals surface area (Å²) in [5, 5.41) is 0. The molecule has 94 valence electrons. The van der Waals surface area contributed by atoms with Crippen molar-refractivity contribution in [1.29, 1.82) is 0 Å². The van der Waals surface area contributed by atoms with E-state index in [1.54, 1.807) is 12.0 Å². The Kier molecular flexibility index (Phi) is 6.84. The Morgan fingerprint density at radius 2 is 2.24 bits per heavy atom. The summed E-state index contributed by atoms with van der Waals surface area (Å²) in [6.45, 7) is 1.62. The summed E-state index contributed by atoms with van der Waals surface area (Å²) in [5.41, 5.74) is 0.693. The van der Waals surface area contributed by atoms with Crippen LogP contribution in [0.25, 0.3) is 0 Å². The zero-order valence-corrected chi connectivity index (χ0v) is 12.6. The van der Waals surface area contributed by atoms with Gasteiger partial charge in [-0.1, -0.05) is 6.07 Å². The predicted molar refractivity (Wildman–Crippen MR) is 77.7 cm³/mol. The van der Waals surface area contributed by atoms with Crippen LogP contribution < -0.4 is 0 Å². The largest absolute Gasteiger partial charge is 0.383 e. The molecular formula is C12H15ClINO2. The molecule has 0 aromatic heterocycles. The van der Waals surface area contributed by atoms with Crippen LogP contribution in [0.5, 0.6) is 0 Å². The number of halogens is 2. The van der Waals surface area contributed by atoms with Gasteiger partial charge in [0.1, 0.15) is 0 Å². The summed E-state index contributed by atoms with van der Waals surface area (Å²) >= 11 is 7.89. The molecule has 0 aliphatic rings. The molecule has 1 aromatic carbocycles. The van der Waals surface area contributed by atoms with E-state index in [1.165, 1.54) is 0 Å². The Labute approximate surface area is 120 Å². The summed E-state index contributed by atoms with van der Waals surface area (Å²) in [6.07, 6.45) is 0. The molecule has 0 aliphatic heterocycles. The van der Waals surface area contributed by atoms with Gasteiger partial charge in [0.2, 0.25) is 0 Å². The van der Waals surface area contributed by atoms with Gasteiger partial charge >= 0.3 is 0 Å². The van der Waals surface area contributed by atoms with Gasteiger partial charge in [0.05, 0.1) is 6.61 Å². The molecular weight excluding hydrogens is 352 g/mol. The minimum absolute atomic E-state index is 0.00113. The molecule has 0 unspecified atom stereocenters. The van der Waals surface area contributed by atoms with Crippen molar-refractivity contribution >= 4 is 40.1 Å². The molecule has 0 radical (unpaired) electrons. The van der Waals surface area contributed by atoms with Crippen molar-refractivity contribution in [3.63, 3.8) is 0 Å². The van der Waals surface area contributed by atoms with Crippen LogP contribution in [-0.2, 0) is 4.74 Å². The zero-order valence-electron chi connectivity index (χ0n) is 9.66. The standard InChI is InChI=1S/C12H15ClINO2/c1-17-8-7-15(6-5-13)12(16)10-3-2-4-11(14)9-10/h2-4,9H,5-8H2,1H3. The van der Waals surface area contributed by atoms with Crippen LogP contribution in [0.15, 0.2) is 24.3 Å². The highest BCUT2D eigenvalue weighted by molar-refractivity contribution is 14.1. The second-order valence-electron chi connectivity index (χ2n) is 3.48. The van der Waals surface area contributed by atoms with Crippen LogP contribution in [0.3, 0.4) is 0 Å². The topological polar surface area (TPSA) is 29.5 Å². The Morgan fingerprint density at radius 1 is 1.47 bits per heavy atom. The number of nitrogens with zero attached hydrogens (tertiary/aromatic N) is 1. The highest BCUT2D eigenvalue weighted by Crippen LogP contribution is 2.10. The third kappa shape index (κ3) is 4.81. The van der Waals surface area contributed by atoms with E-state index in [2.05, 4.69) is 22.6 Å². The molecule has 0 fully saturated rings. The normalized spacial score (nSPS) is 10.3. The molecule has 17 heavy (non-hydrogen) atoms. The number of rotatable bonds is 6. The maximum absolute atomic E-state index is 12.2. The van der Waals surface area contributed by atoms with Crippen molar-refractivity contribution in [2.45, 2.75) is 0 Å². The van der Waals surface area contributed by atoms with Gasteiger partial charge in [0.25, 0.3) is 5.91 Å². The SMILES string of the molecule is COCCN(CCCl)C(=O)c1cccc(I)c1. The van der Waals surface area contributed by atoms with Crippen LogP contribution in [-0.4, -0.2) is 43.5 Å². The minimum Gasteiger partial charge on any atom is -0.383 e. The van der Waals surface area contributed by atoms with Crippen LogP contribution in [0.4, 0.5) is 0 Å². The lowest BCUT2D eigenvalue weighted by Crippen LogP contribution is -2.35. The lowest BCUT2D eigenvalue weighted by Gasteiger charge is -2.21. The van der Waals surface area contributed by atoms with Crippen molar-refractivity contribution in [1.82, 2.24) is 4.90 Å². The van der Waals surface area contributed by atoms with Crippen molar-refractivity contribution in [2.24, 2.45) is 0 Å². The lowest BCUT2D eigenvalue weighted by molar-refractivity contribution is 0.0707. The van der Waals surface area contributed by atoms with Gasteiger partial charge in [-0.15, -0.1) is 11.6 Å². The Hall–Kier alpha value is -0.330. The van der Waals surface area contributed by atoms with Crippen molar-refractivity contribution in [3.8, 4) is 0 Å². The molecule has 0 spiro atoms. The summed E-state index contributed by atoms with van der Waals surface area (Å²) in [7, 11) is 1.62. The van der Waals surface area contributed by atoms with Crippen molar-refractivity contribution in [2.75, 3.05) is 32.7 Å². The number of amides is 1. The molecule has 0 saturated carbocycles. The van der Waals surface area contributed by atoms with E-state index < -0.39 is 0 Å². The fourth-order valence-electron chi connectivity index (χ4n) is 1.42. The van der Waals surface area contributed by atoms with E-state index >= 15 is 0 Å². The second-order valence-corrected chi connectivity index (χ2v) is 5.11. The number of hydrogen-bond acceptors (Lipinski definition) is 2. The van der Waals surface area contributed by atoms with Gasteiger partial charge in [-0.3, -0.25) is 4.79 Å². The summed E-state index contributed by atoms with van der Waals surface area (Å²) in [6, 6.07) is 7.53. The van der Waals surface area contributed by atoms with Gasteiger partial charge in [0, 0.05) is 35.2 Å². The van der Waals surface area contributed by atoms with Crippen LogP contribution >= 0.6 is 34.2 Å². The zero-order chi connectivity index (χ0) is 12.7. The highest BCUT2D eigenvalue weighted by atomic mass is 127. The van der Waals surface area contributed by atoms with Crippen LogP contribution in [0, 0.1) is 3.57 Å². The second kappa shape index (κ2) is 7.89. The number of alkyl halides is 1. The number of hydrogen-bond donors (Lipinski definition) is 0. The number of carbonyl (C=O) groups excluding carboxylic acids is 1. The fourth-order valence-corrected chi connectivity index (χ4v) is 2.17. The first kappa shape index (κ1) is 14.7. The van der Waals surface area contributed by atoms with Crippen LogP contribution in [0.1, 0.15) is 10.4 Å². The molecule has 0 aliphatic carbocycles. The predicted octanol–water partition coefficient (Wildman–Crippen LogP) is 2.62. The third-order valence-electron chi connectivity index (χ3n) is 2.28. The average Bonchev–Trinajstić information content (AvgIpc) is 2.33. The molecule has 0 saturated heterocycles. The van der Waals surface area contributed by atoms with Gasteiger partial charge in [-0.2, -0.15) is 0 Å². The first-order valence-corrected chi connectivity index (χ1v) is 6.90. The lowest BCUT2D eigenvalue weighted by atomic mass is 10.2. The van der Waals surface area contributed by atoms with E-state index in [0.29, 0.717) is 31.1 Å². The van der Waals surface area contributed by atoms with E-state index in [9.17, 15) is 4.79 Å². The van der Waals surface area contributed by atoms with Gasteiger partial charge in [0.15, 0.2) is 0 Å². The molecule has 0 N–H and O–H groups in total. The molecule has 3 nitrogen and oxygen atoms in total. The van der Waals surface area contributed by atoms with Crippen molar-refractivity contribution in [3.05, 3.63) is 33.4 Å². The number of methoxy groups -OCH3 is 1. The van der Waals surface area contributed by atoms with E-state index in [0.717, 1.165) is 3.57 Å². The molecule has 0 heterocycles. The molecule has 0 atom stereocenters.